The topological polar surface area (TPSA) is 17.8 Å². The predicted octanol–water partition coefficient (Wildman–Crippen LogP) is 4.54. The standard InChI is InChI=1S/C17H17ClN2/c1-3-16-19-17-14(5-4-6-15(17)20(16)2)13-9-7-12(11-18)8-10-13/h4-10H,3,11H2,1-2H3. The molecule has 0 aliphatic rings. The van der Waals surface area contributed by atoms with Gasteiger partial charge in [0, 0.05) is 24.9 Å². The van der Waals surface area contributed by atoms with E-state index in [0.29, 0.717) is 5.88 Å². The third-order valence-corrected chi connectivity index (χ3v) is 4.05. The summed E-state index contributed by atoms with van der Waals surface area (Å²) in [5, 5.41) is 0. The molecule has 0 N–H and O–H groups in total. The van der Waals surface area contributed by atoms with Gasteiger partial charge in [-0.15, -0.1) is 11.6 Å². The minimum Gasteiger partial charge on any atom is -0.331 e. The van der Waals surface area contributed by atoms with Gasteiger partial charge in [0.05, 0.1) is 11.0 Å². The van der Waals surface area contributed by atoms with Crippen LogP contribution in [0.2, 0.25) is 0 Å². The first-order chi connectivity index (χ1) is 9.74. The third kappa shape index (κ3) is 2.10. The molecule has 0 fully saturated rings. The summed E-state index contributed by atoms with van der Waals surface area (Å²) in [4.78, 5) is 4.79. The maximum Gasteiger partial charge on any atom is 0.109 e. The number of benzene rings is 2. The van der Waals surface area contributed by atoms with Gasteiger partial charge in [-0.05, 0) is 17.2 Å². The molecule has 3 aromatic rings. The number of imidazole rings is 1. The van der Waals surface area contributed by atoms with Crippen LogP contribution < -0.4 is 0 Å². The van der Waals surface area contributed by atoms with Gasteiger partial charge < -0.3 is 4.57 Å². The highest BCUT2D eigenvalue weighted by Crippen LogP contribution is 2.29. The van der Waals surface area contributed by atoms with Gasteiger partial charge in [0.25, 0.3) is 0 Å². The summed E-state index contributed by atoms with van der Waals surface area (Å²) in [6.45, 7) is 2.14. The average Bonchev–Trinajstić information content (AvgIpc) is 2.84. The second kappa shape index (κ2) is 5.29. The summed E-state index contributed by atoms with van der Waals surface area (Å²) in [5.74, 6) is 1.67. The Hall–Kier alpha value is -1.80. The summed E-state index contributed by atoms with van der Waals surface area (Å²) < 4.78 is 2.17. The molecule has 0 unspecified atom stereocenters. The van der Waals surface area contributed by atoms with Crippen LogP contribution >= 0.6 is 11.6 Å². The molecular weight excluding hydrogens is 268 g/mol. The SMILES string of the molecule is CCc1nc2c(-c3ccc(CCl)cc3)cccc2n1C. The van der Waals surface area contributed by atoms with Crippen LogP contribution in [0.3, 0.4) is 0 Å². The van der Waals surface area contributed by atoms with Crippen LogP contribution in [0.5, 0.6) is 0 Å². The van der Waals surface area contributed by atoms with Gasteiger partial charge in [-0.1, -0.05) is 43.3 Å². The zero-order chi connectivity index (χ0) is 14.1. The van der Waals surface area contributed by atoms with Crippen molar-refractivity contribution in [2.24, 2.45) is 7.05 Å². The summed E-state index contributed by atoms with van der Waals surface area (Å²) in [6.07, 6.45) is 0.940. The molecule has 0 amide bonds. The minimum atomic E-state index is 0.550. The van der Waals surface area contributed by atoms with Crippen LogP contribution in [0.25, 0.3) is 22.2 Å². The van der Waals surface area contributed by atoms with Crippen molar-refractivity contribution in [1.82, 2.24) is 9.55 Å². The third-order valence-electron chi connectivity index (χ3n) is 3.74. The maximum absolute atomic E-state index is 5.85. The fourth-order valence-corrected chi connectivity index (χ4v) is 2.76. The number of para-hydroxylation sites is 1. The lowest BCUT2D eigenvalue weighted by Crippen LogP contribution is -1.94. The van der Waals surface area contributed by atoms with Crippen LogP contribution in [0.1, 0.15) is 18.3 Å². The van der Waals surface area contributed by atoms with Gasteiger partial charge in [0.1, 0.15) is 5.82 Å². The van der Waals surface area contributed by atoms with E-state index < -0.39 is 0 Å². The lowest BCUT2D eigenvalue weighted by Gasteiger charge is -2.04. The highest BCUT2D eigenvalue weighted by atomic mass is 35.5. The van der Waals surface area contributed by atoms with E-state index in [1.165, 1.54) is 16.6 Å². The molecule has 0 spiro atoms. The van der Waals surface area contributed by atoms with Gasteiger partial charge in [-0.3, -0.25) is 0 Å². The minimum absolute atomic E-state index is 0.550. The molecule has 1 heterocycles. The van der Waals surface area contributed by atoms with E-state index in [1.54, 1.807) is 0 Å². The zero-order valence-corrected chi connectivity index (χ0v) is 12.5. The molecule has 0 saturated heterocycles. The van der Waals surface area contributed by atoms with Crippen molar-refractivity contribution in [1.29, 1.82) is 0 Å². The molecule has 20 heavy (non-hydrogen) atoms. The van der Waals surface area contributed by atoms with E-state index in [-0.39, 0.29) is 0 Å². The molecule has 0 aliphatic carbocycles. The Morgan fingerprint density at radius 2 is 1.85 bits per heavy atom. The molecule has 2 nitrogen and oxygen atoms in total. The Morgan fingerprint density at radius 3 is 2.50 bits per heavy atom. The average molecular weight is 285 g/mol. The smallest absolute Gasteiger partial charge is 0.109 e. The number of halogens is 1. The first-order valence-corrected chi connectivity index (χ1v) is 7.37. The molecule has 0 radical (unpaired) electrons. The van der Waals surface area contributed by atoms with Gasteiger partial charge in [0.2, 0.25) is 0 Å². The summed E-state index contributed by atoms with van der Waals surface area (Å²) in [6, 6.07) is 14.7. The zero-order valence-electron chi connectivity index (χ0n) is 11.7. The van der Waals surface area contributed by atoms with Crippen LogP contribution in [-0.2, 0) is 19.3 Å². The van der Waals surface area contributed by atoms with Gasteiger partial charge in [-0.25, -0.2) is 4.98 Å². The second-order valence-electron chi connectivity index (χ2n) is 4.94. The fourth-order valence-electron chi connectivity index (χ4n) is 2.59. The number of hydrogen-bond donors (Lipinski definition) is 0. The number of aryl methyl sites for hydroxylation is 2. The van der Waals surface area contributed by atoms with Gasteiger partial charge in [0.15, 0.2) is 0 Å². The van der Waals surface area contributed by atoms with Crippen molar-refractivity contribution < 1.29 is 0 Å². The Labute approximate surface area is 124 Å². The lowest BCUT2D eigenvalue weighted by atomic mass is 10.0. The quantitative estimate of drug-likeness (QED) is 0.646. The summed E-state index contributed by atoms with van der Waals surface area (Å²) in [7, 11) is 2.08. The predicted molar refractivity (Wildman–Crippen MR) is 85.1 cm³/mol. The molecule has 102 valence electrons. The molecule has 0 aliphatic heterocycles. The number of nitrogens with zero attached hydrogens (tertiary/aromatic N) is 2. The first kappa shape index (κ1) is 13.2. The van der Waals surface area contributed by atoms with Gasteiger partial charge >= 0.3 is 0 Å². The van der Waals surface area contributed by atoms with E-state index in [4.69, 9.17) is 16.6 Å². The Morgan fingerprint density at radius 1 is 1.10 bits per heavy atom. The van der Waals surface area contributed by atoms with E-state index in [9.17, 15) is 0 Å². The summed E-state index contributed by atoms with van der Waals surface area (Å²) in [5.41, 5.74) is 5.76. The van der Waals surface area contributed by atoms with E-state index in [2.05, 4.69) is 61.0 Å². The number of fused-ring (bicyclic) bond motifs is 1. The van der Waals surface area contributed by atoms with Crippen molar-refractivity contribution in [3.63, 3.8) is 0 Å². The van der Waals surface area contributed by atoms with E-state index in [0.717, 1.165) is 23.3 Å². The van der Waals surface area contributed by atoms with Crippen LogP contribution in [-0.4, -0.2) is 9.55 Å². The molecule has 0 atom stereocenters. The second-order valence-corrected chi connectivity index (χ2v) is 5.21. The number of hydrogen-bond acceptors (Lipinski definition) is 1. The number of aromatic nitrogens is 2. The lowest BCUT2D eigenvalue weighted by molar-refractivity contribution is 0.829. The van der Waals surface area contributed by atoms with E-state index >= 15 is 0 Å². The van der Waals surface area contributed by atoms with Crippen LogP contribution in [0, 0.1) is 0 Å². The normalized spacial score (nSPS) is 11.2. The monoisotopic (exact) mass is 284 g/mol. The van der Waals surface area contributed by atoms with Crippen molar-refractivity contribution in [3.8, 4) is 11.1 Å². The largest absolute Gasteiger partial charge is 0.331 e. The van der Waals surface area contributed by atoms with Crippen molar-refractivity contribution in [2.75, 3.05) is 0 Å². The maximum atomic E-state index is 5.85. The van der Waals surface area contributed by atoms with Crippen molar-refractivity contribution in [2.45, 2.75) is 19.2 Å². The fraction of sp³-hybridized carbons (Fsp3) is 0.235. The molecule has 0 saturated carbocycles. The molecular formula is C17H17ClN2. The molecule has 3 heteroatoms. The van der Waals surface area contributed by atoms with Gasteiger partial charge in [-0.2, -0.15) is 0 Å². The Kier molecular flexibility index (Phi) is 3.49. The molecule has 0 bridgehead atoms. The first-order valence-electron chi connectivity index (χ1n) is 6.84. The highest BCUT2D eigenvalue weighted by molar-refractivity contribution is 6.17. The van der Waals surface area contributed by atoms with Crippen LogP contribution in [0.4, 0.5) is 0 Å². The van der Waals surface area contributed by atoms with Crippen molar-refractivity contribution >= 4 is 22.6 Å². The molecule has 2 aromatic carbocycles. The number of alkyl halides is 1. The highest BCUT2D eigenvalue weighted by Gasteiger charge is 2.11. The van der Waals surface area contributed by atoms with E-state index in [1.807, 2.05) is 0 Å². The Bertz CT molecular complexity index is 742. The Balaban J connectivity index is 2.19. The summed E-state index contributed by atoms with van der Waals surface area (Å²) >= 11 is 5.85. The molecule has 3 rings (SSSR count). The van der Waals surface area contributed by atoms with Crippen LogP contribution in [0.15, 0.2) is 42.5 Å². The number of rotatable bonds is 3. The van der Waals surface area contributed by atoms with Crippen molar-refractivity contribution in [3.05, 3.63) is 53.9 Å². The molecule has 1 aromatic heterocycles.